The molecule has 0 fully saturated rings. The molecule has 4 nitrogen and oxygen atoms in total. The second-order valence-electron chi connectivity index (χ2n) is 1.73. The summed E-state index contributed by atoms with van der Waals surface area (Å²) in [7, 11) is 0. The van der Waals surface area contributed by atoms with E-state index in [0.29, 0.717) is 0 Å². The maximum Gasteiger partial charge on any atom is 0.410 e. The molecule has 0 radical (unpaired) electrons. The Morgan fingerprint density at radius 1 is 1.55 bits per heavy atom. The van der Waals surface area contributed by atoms with E-state index in [4.69, 9.17) is 10.2 Å². The molecule has 0 aromatic heterocycles. The summed E-state index contributed by atoms with van der Waals surface area (Å²) in [6.45, 7) is -1.30. The molecule has 1 unspecified atom stereocenters. The van der Waals surface area contributed by atoms with Crippen molar-refractivity contribution in [2.45, 2.75) is 12.2 Å². The van der Waals surface area contributed by atoms with Gasteiger partial charge in [-0.25, -0.2) is 4.79 Å². The molecule has 0 aliphatic rings. The van der Waals surface area contributed by atoms with Gasteiger partial charge in [0.15, 0.2) is 6.04 Å². The molecule has 1 atom stereocenters. The molecule has 0 aromatic carbocycles. The molecule has 0 aliphatic carbocycles. The molecule has 0 aliphatic heterocycles. The Morgan fingerprint density at radius 2 is 2.00 bits per heavy atom. The third-order valence-corrected chi connectivity index (χ3v) is 0.875. The van der Waals surface area contributed by atoms with Crippen LogP contribution < -0.4 is 5.32 Å². The Hall–Kier alpha value is -0.980. The van der Waals surface area contributed by atoms with E-state index in [1.54, 1.807) is 0 Å². The first-order valence-electron chi connectivity index (χ1n) is 2.55. The van der Waals surface area contributed by atoms with Crippen molar-refractivity contribution in [2.75, 3.05) is 6.61 Å². The Morgan fingerprint density at radius 3 is 2.09 bits per heavy atom. The lowest BCUT2D eigenvalue weighted by molar-refractivity contribution is -0.161. The third kappa shape index (κ3) is 3.66. The Labute approximate surface area is 59.6 Å². The molecule has 7 heteroatoms. The highest BCUT2D eigenvalue weighted by Crippen LogP contribution is 2.19. The van der Waals surface area contributed by atoms with Crippen molar-refractivity contribution >= 4 is 6.09 Å². The van der Waals surface area contributed by atoms with Crippen LogP contribution in [0.3, 0.4) is 0 Å². The Bertz CT molecular complexity index is 146. The van der Waals surface area contributed by atoms with Gasteiger partial charge in [0, 0.05) is 0 Å². The van der Waals surface area contributed by atoms with E-state index >= 15 is 0 Å². The summed E-state index contributed by atoms with van der Waals surface area (Å²) >= 11 is 0. The molecule has 66 valence electrons. The van der Waals surface area contributed by atoms with Crippen molar-refractivity contribution < 1.29 is 28.2 Å². The van der Waals surface area contributed by atoms with Crippen molar-refractivity contribution in [1.29, 1.82) is 0 Å². The largest absolute Gasteiger partial charge is 0.465 e. The predicted molar refractivity (Wildman–Crippen MR) is 28.1 cm³/mol. The fourth-order valence-electron chi connectivity index (χ4n) is 0.380. The number of alkyl halides is 3. The monoisotopic (exact) mass is 173 g/mol. The second kappa shape index (κ2) is 3.42. The van der Waals surface area contributed by atoms with Crippen molar-refractivity contribution in [3.05, 3.63) is 0 Å². The van der Waals surface area contributed by atoms with Crippen LogP contribution in [0.2, 0.25) is 0 Å². The van der Waals surface area contributed by atoms with E-state index in [2.05, 4.69) is 0 Å². The van der Waals surface area contributed by atoms with Crippen molar-refractivity contribution in [3.8, 4) is 0 Å². The average Bonchev–Trinajstić information content (AvgIpc) is 1.79. The average molecular weight is 173 g/mol. The van der Waals surface area contributed by atoms with Gasteiger partial charge in [0.1, 0.15) is 0 Å². The van der Waals surface area contributed by atoms with Gasteiger partial charge < -0.3 is 15.5 Å². The normalized spacial score (nSPS) is 14.2. The van der Waals surface area contributed by atoms with Gasteiger partial charge in [-0.05, 0) is 0 Å². The number of halogens is 3. The minimum atomic E-state index is -4.74. The lowest BCUT2D eigenvalue weighted by atomic mass is 10.3. The van der Waals surface area contributed by atoms with Crippen LogP contribution in [-0.4, -0.2) is 35.1 Å². The van der Waals surface area contributed by atoms with Crippen LogP contribution in [0.1, 0.15) is 0 Å². The zero-order valence-corrected chi connectivity index (χ0v) is 5.22. The molecule has 0 aromatic rings. The molecule has 0 saturated heterocycles. The van der Waals surface area contributed by atoms with Crippen LogP contribution in [0.5, 0.6) is 0 Å². The summed E-state index contributed by atoms with van der Waals surface area (Å²) in [5.41, 5.74) is 0. The third-order valence-electron chi connectivity index (χ3n) is 0.875. The summed E-state index contributed by atoms with van der Waals surface area (Å²) in [6.07, 6.45) is -6.56. The minimum absolute atomic E-state index is 1.11. The molecule has 11 heavy (non-hydrogen) atoms. The quantitative estimate of drug-likeness (QED) is 0.557. The maximum atomic E-state index is 11.6. The topological polar surface area (TPSA) is 69.6 Å². The van der Waals surface area contributed by atoms with Gasteiger partial charge in [-0.1, -0.05) is 0 Å². The van der Waals surface area contributed by atoms with Crippen LogP contribution in [0, 0.1) is 0 Å². The van der Waals surface area contributed by atoms with Crippen LogP contribution in [0.4, 0.5) is 18.0 Å². The minimum Gasteiger partial charge on any atom is -0.465 e. The van der Waals surface area contributed by atoms with Gasteiger partial charge >= 0.3 is 12.3 Å². The SMILES string of the molecule is O=C(O)NC(CO)C(F)(F)F. The Kier molecular flexibility index (Phi) is 3.12. The molecule has 1 amide bonds. The van der Waals surface area contributed by atoms with E-state index in [-0.39, 0.29) is 0 Å². The van der Waals surface area contributed by atoms with Crippen LogP contribution in [0.25, 0.3) is 0 Å². The maximum absolute atomic E-state index is 11.6. The molecule has 0 heterocycles. The predicted octanol–water partition coefficient (Wildman–Crippen LogP) is 0.177. The number of nitrogens with one attached hydrogen (secondary N) is 1. The number of amides is 1. The highest BCUT2D eigenvalue weighted by atomic mass is 19.4. The number of hydrogen-bond donors (Lipinski definition) is 3. The molecule has 3 N–H and O–H groups in total. The molecule has 0 rings (SSSR count). The first-order valence-corrected chi connectivity index (χ1v) is 2.55. The number of rotatable bonds is 2. The van der Waals surface area contributed by atoms with E-state index < -0.39 is 24.9 Å². The van der Waals surface area contributed by atoms with E-state index in [1.165, 1.54) is 0 Å². The van der Waals surface area contributed by atoms with Gasteiger partial charge in [-0.15, -0.1) is 0 Å². The number of carbonyl (C=O) groups is 1. The van der Waals surface area contributed by atoms with Gasteiger partial charge in [0.2, 0.25) is 0 Å². The highest BCUT2D eigenvalue weighted by molar-refractivity contribution is 5.64. The fraction of sp³-hybridized carbons (Fsp3) is 0.750. The smallest absolute Gasteiger partial charge is 0.410 e. The standard InChI is InChI=1S/C4H6F3NO3/c5-4(6,7)2(1-9)8-3(10)11/h2,8-9H,1H2,(H,10,11). The zero-order valence-electron chi connectivity index (χ0n) is 5.22. The molecule has 0 saturated carbocycles. The number of carboxylic acid groups (broad SMARTS) is 1. The van der Waals surface area contributed by atoms with Gasteiger partial charge in [-0.3, -0.25) is 0 Å². The summed E-state index contributed by atoms with van der Waals surface area (Å²) in [6, 6.07) is -2.40. The number of aliphatic hydroxyl groups is 1. The summed E-state index contributed by atoms with van der Waals surface area (Å²) in [5, 5.41) is 17.0. The summed E-state index contributed by atoms with van der Waals surface area (Å²) in [5.74, 6) is 0. The van der Waals surface area contributed by atoms with Gasteiger partial charge in [-0.2, -0.15) is 13.2 Å². The lowest BCUT2D eigenvalue weighted by Crippen LogP contribution is -2.47. The fourth-order valence-corrected chi connectivity index (χ4v) is 0.380. The van der Waals surface area contributed by atoms with Crippen LogP contribution in [-0.2, 0) is 0 Å². The van der Waals surface area contributed by atoms with Crippen molar-refractivity contribution in [1.82, 2.24) is 5.32 Å². The molecular weight excluding hydrogens is 167 g/mol. The van der Waals surface area contributed by atoms with E-state index in [9.17, 15) is 18.0 Å². The Balaban J connectivity index is 4.07. The number of aliphatic hydroxyl groups excluding tert-OH is 1. The zero-order chi connectivity index (χ0) is 9.07. The van der Waals surface area contributed by atoms with Crippen molar-refractivity contribution in [3.63, 3.8) is 0 Å². The summed E-state index contributed by atoms with van der Waals surface area (Å²) < 4.78 is 34.8. The van der Waals surface area contributed by atoms with Gasteiger partial charge in [0.05, 0.1) is 6.61 Å². The van der Waals surface area contributed by atoms with Gasteiger partial charge in [0.25, 0.3) is 0 Å². The second-order valence-corrected chi connectivity index (χ2v) is 1.73. The lowest BCUT2D eigenvalue weighted by Gasteiger charge is -2.16. The van der Waals surface area contributed by atoms with Crippen molar-refractivity contribution in [2.24, 2.45) is 0 Å². The molecule has 0 spiro atoms. The van der Waals surface area contributed by atoms with Crippen LogP contribution in [0.15, 0.2) is 0 Å². The number of hydrogen-bond acceptors (Lipinski definition) is 2. The first kappa shape index (κ1) is 10.0. The molecular formula is C4H6F3NO3. The highest BCUT2D eigenvalue weighted by Gasteiger charge is 2.40. The van der Waals surface area contributed by atoms with Crippen LogP contribution >= 0.6 is 0 Å². The first-order chi connectivity index (χ1) is 4.88. The summed E-state index contributed by atoms with van der Waals surface area (Å²) in [4.78, 5) is 9.69. The molecule has 0 bridgehead atoms. The van der Waals surface area contributed by atoms with E-state index in [1.807, 2.05) is 0 Å². The van der Waals surface area contributed by atoms with E-state index in [0.717, 1.165) is 5.32 Å².